The largest absolute Gasteiger partial charge is 0.360 e. The molecule has 0 saturated heterocycles. The summed E-state index contributed by atoms with van der Waals surface area (Å²) in [5.41, 5.74) is 0. The smallest absolute Gasteiger partial charge is 0.306 e. The molecule has 0 spiro atoms. The highest BCUT2D eigenvalue weighted by atomic mass is 35.7. The normalized spacial score (nSPS) is 15.6. The van der Waals surface area contributed by atoms with Gasteiger partial charge in [0.2, 0.25) is 0 Å². The summed E-state index contributed by atoms with van der Waals surface area (Å²) >= 11 is 5.63. The van der Waals surface area contributed by atoms with Gasteiger partial charge in [-0.15, -0.1) is 0 Å². The van der Waals surface area contributed by atoms with Gasteiger partial charge in [0.1, 0.15) is 0 Å². The predicted molar refractivity (Wildman–Crippen MR) is 57.2 cm³/mol. The Morgan fingerprint density at radius 1 is 1.31 bits per heavy atom. The van der Waals surface area contributed by atoms with Crippen LogP contribution in [0.1, 0.15) is 39.5 Å². The lowest BCUT2D eigenvalue weighted by Gasteiger charge is -2.11. The van der Waals surface area contributed by atoms with E-state index in [1.807, 2.05) is 6.92 Å². The van der Waals surface area contributed by atoms with Crippen LogP contribution in [0.5, 0.6) is 0 Å². The first kappa shape index (κ1) is 13.4. The molecule has 0 saturated carbocycles. The summed E-state index contributed by atoms with van der Waals surface area (Å²) in [6.45, 7) is 2.21. The molecule has 0 aliphatic heterocycles. The van der Waals surface area contributed by atoms with Crippen molar-refractivity contribution in [3.8, 4) is 0 Å². The number of hydrogen-bond donors (Lipinski definition) is 1. The van der Waals surface area contributed by atoms with E-state index in [-0.39, 0.29) is 0 Å². The molecule has 0 aromatic heterocycles. The summed E-state index contributed by atoms with van der Waals surface area (Å²) in [6, 6.07) is 0. The first-order chi connectivity index (χ1) is 6.12. The molecule has 0 rings (SSSR count). The third-order valence-corrected chi connectivity index (χ3v) is 3.35. The zero-order chi connectivity index (χ0) is 10.2. The van der Waals surface area contributed by atoms with Crippen molar-refractivity contribution in [2.75, 3.05) is 13.2 Å². The number of unbranched alkanes of at least 4 members (excludes halogenated alkanes) is 2. The third kappa shape index (κ3) is 8.76. The SMILES string of the molecule is CCCCNP(=O)(Cl)OCCCC. The maximum Gasteiger partial charge on any atom is 0.360 e. The fourth-order valence-corrected chi connectivity index (χ4v) is 2.10. The molecule has 5 heteroatoms. The second-order valence-electron chi connectivity index (χ2n) is 2.93. The third-order valence-electron chi connectivity index (χ3n) is 1.59. The highest BCUT2D eigenvalue weighted by Gasteiger charge is 2.16. The van der Waals surface area contributed by atoms with Crippen LogP contribution in [0, 0.1) is 0 Å². The number of rotatable bonds is 8. The maximum absolute atomic E-state index is 11.4. The van der Waals surface area contributed by atoms with Crippen LogP contribution in [0.3, 0.4) is 0 Å². The lowest BCUT2D eigenvalue weighted by atomic mass is 10.3. The zero-order valence-electron chi connectivity index (χ0n) is 8.38. The Hall–Kier alpha value is 0.440. The molecule has 0 aliphatic carbocycles. The van der Waals surface area contributed by atoms with Crippen molar-refractivity contribution in [3.63, 3.8) is 0 Å². The molecule has 1 N–H and O–H groups in total. The van der Waals surface area contributed by atoms with Crippen LogP contribution in [0.15, 0.2) is 0 Å². The van der Waals surface area contributed by atoms with E-state index >= 15 is 0 Å². The summed E-state index contributed by atoms with van der Waals surface area (Å²) in [7, 11) is 0. The minimum absolute atomic E-state index is 0.469. The Bertz CT molecular complexity index is 152. The van der Waals surface area contributed by atoms with Crippen molar-refractivity contribution >= 4 is 18.1 Å². The summed E-state index contributed by atoms with van der Waals surface area (Å²) in [6.07, 6.45) is 3.94. The molecule has 0 aliphatic rings. The van der Waals surface area contributed by atoms with Gasteiger partial charge in [-0.05, 0) is 24.1 Å². The van der Waals surface area contributed by atoms with Crippen molar-refractivity contribution in [2.45, 2.75) is 39.5 Å². The van der Waals surface area contributed by atoms with E-state index in [4.69, 9.17) is 15.8 Å². The second-order valence-corrected chi connectivity index (χ2v) is 5.80. The van der Waals surface area contributed by atoms with Gasteiger partial charge < -0.3 is 4.52 Å². The van der Waals surface area contributed by atoms with E-state index in [2.05, 4.69) is 12.0 Å². The lowest BCUT2D eigenvalue weighted by Crippen LogP contribution is -2.11. The van der Waals surface area contributed by atoms with Crippen LogP contribution in [0.4, 0.5) is 0 Å². The minimum Gasteiger partial charge on any atom is -0.306 e. The highest BCUT2D eigenvalue weighted by Crippen LogP contribution is 2.47. The Morgan fingerprint density at radius 3 is 2.46 bits per heavy atom. The van der Waals surface area contributed by atoms with E-state index < -0.39 is 6.87 Å². The van der Waals surface area contributed by atoms with Crippen LogP contribution in [0.25, 0.3) is 0 Å². The Morgan fingerprint density at radius 2 is 1.92 bits per heavy atom. The molecule has 0 bridgehead atoms. The molecule has 0 fully saturated rings. The average Bonchev–Trinajstić information content (AvgIpc) is 2.05. The maximum atomic E-state index is 11.4. The van der Waals surface area contributed by atoms with Crippen molar-refractivity contribution in [3.05, 3.63) is 0 Å². The first-order valence-electron chi connectivity index (χ1n) is 4.81. The van der Waals surface area contributed by atoms with Gasteiger partial charge in [-0.25, -0.2) is 5.09 Å². The molecular formula is C8H19ClNO2P. The summed E-state index contributed by atoms with van der Waals surface area (Å²) in [5, 5.41) is 2.72. The standard InChI is InChI=1S/C8H19ClNO2P/c1-3-5-7-10-13(9,11)12-8-6-4-2/h3-8H2,1-2H3,(H,10,11). The molecular weight excluding hydrogens is 209 g/mol. The average molecular weight is 228 g/mol. The number of halogens is 1. The molecule has 13 heavy (non-hydrogen) atoms. The van der Waals surface area contributed by atoms with Gasteiger partial charge in [0.05, 0.1) is 6.61 Å². The monoisotopic (exact) mass is 227 g/mol. The lowest BCUT2D eigenvalue weighted by molar-refractivity contribution is 0.309. The van der Waals surface area contributed by atoms with Crippen molar-refractivity contribution in [1.29, 1.82) is 0 Å². The van der Waals surface area contributed by atoms with E-state index in [9.17, 15) is 4.57 Å². The molecule has 0 radical (unpaired) electrons. The quantitative estimate of drug-likeness (QED) is 0.509. The number of nitrogens with one attached hydrogen (secondary N) is 1. The van der Waals surface area contributed by atoms with Crippen LogP contribution >= 0.6 is 18.1 Å². The summed E-state index contributed by atoms with van der Waals surface area (Å²) in [4.78, 5) is 0. The topological polar surface area (TPSA) is 38.3 Å². The van der Waals surface area contributed by atoms with Gasteiger partial charge in [-0.2, -0.15) is 0 Å². The van der Waals surface area contributed by atoms with Gasteiger partial charge in [0, 0.05) is 6.54 Å². The van der Waals surface area contributed by atoms with Crippen LogP contribution in [-0.2, 0) is 9.09 Å². The Balaban J connectivity index is 3.49. The first-order valence-corrected chi connectivity index (χ1v) is 7.34. The van der Waals surface area contributed by atoms with Gasteiger partial charge in [0.15, 0.2) is 0 Å². The summed E-state index contributed by atoms with van der Waals surface area (Å²) in [5.74, 6) is 0. The van der Waals surface area contributed by atoms with Crippen molar-refractivity contribution in [2.24, 2.45) is 0 Å². The van der Waals surface area contributed by atoms with E-state index in [0.717, 1.165) is 25.7 Å². The molecule has 0 amide bonds. The van der Waals surface area contributed by atoms with Crippen molar-refractivity contribution < 1.29 is 9.09 Å². The Kier molecular flexibility index (Phi) is 8.07. The minimum atomic E-state index is -3.03. The molecule has 80 valence electrons. The zero-order valence-corrected chi connectivity index (χ0v) is 10.0. The molecule has 3 nitrogen and oxygen atoms in total. The van der Waals surface area contributed by atoms with E-state index in [0.29, 0.717) is 13.2 Å². The summed E-state index contributed by atoms with van der Waals surface area (Å²) < 4.78 is 16.4. The fraction of sp³-hybridized carbons (Fsp3) is 1.00. The predicted octanol–water partition coefficient (Wildman–Crippen LogP) is 3.54. The highest BCUT2D eigenvalue weighted by molar-refractivity contribution is 7.83. The molecule has 0 aromatic carbocycles. The van der Waals surface area contributed by atoms with Crippen LogP contribution < -0.4 is 5.09 Å². The van der Waals surface area contributed by atoms with Crippen LogP contribution in [0.2, 0.25) is 0 Å². The Labute approximate surface area is 85.5 Å². The van der Waals surface area contributed by atoms with Crippen molar-refractivity contribution in [1.82, 2.24) is 5.09 Å². The molecule has 0 heterocycles. The van der Waals surface area contributed by atoms with Gasteiger partial charge in [-0.1, -0.05) is 26.7 Å². The number of hydrogen-bond acceptors (Lipinski definition) is 2. The second kappa shape index (κ2) is 7.81. The van der Waals surface area contributed by atoms with E-state index in [1.54, 1.807) is 0 Å². The van der Waals surface area contributed by atoms with Crippen LogP contribution in [-0.4, -0.2) is 13.2 Å². The molecule has 1 unspecified atom stereocenters. The molecule has 0 aromatic rings. The van der Waals surface area contributed by atoms with Gasteiger partial charge in [-0.3, -0.25) is 4.57 Å². The van der Waals surface area contributed by atoms with Gasteiger partial charge >= 0.3 is 6.87 Å². The fourth-order valence-electron chi connectivity index (χ4n) is 0.761. The molecule has 1 atom stereocenters. The van der Waals surface area contributed by atoms with Gasteiger partial charge in [0.25, 0.3) is 0 Å². The van der Waals surface area contributed by atoms with E-state index in [1.165, 1.54) is 0 Å².